The Hall–Kier alpha value is -2.68. The number of nitrogens with zero attached hydrogens (tertiary/aromatic N) is 1. The van der Waals surface area contributed by atoms with Crippen LogP contribution in [-0.2, 0) is 19.7 Å². The number of nitrogens with one attached hydrogen (secondary N) is 3. The van der Waals surface area contributed by atoms with Crippen molar-refractivity contribution in [3.05, 3.63) is 29.6 Å². The molecule has 0 radical (unpaired) electrons. The molecule has 0 aromatic heterocycles. The molecule has 8 nitrogen and oxygen atoms in total. The molecule has 3 amide bonds. The number of carbonyl (C=O) groups excluding carboxylic acids is 3. The van der Waals surface area contributed by atoms with Gasteiger partial charge in [0.1, 0.15) is 11.9 Å². The molecule has 0 unspecified atom stereocenters. The lowest BCUT2D eigenvalue weighted by atomic mass is 9.91. The normalized spacial score (nSPS) is 30.6. The second-order valence-electron chi connectivity index (χ2n) is 7.59. The van der Waals surface area contributed by atoms with Crippen LogP contribution in [0.15, 0.2) is 18.2 Å². The summed E-state index contributed by atoms with van der Waals surface area (Å²) in [6.45, 7) is 3.06. The fourth-order valence-electron chi connectivity index (χ4n) is 4.67. The largest absolute Gasteiger partial charge is 0.442 e. The minimum absolute atomic E-state index is 0.0705. The second kappa shape index (κ2) is 6.73. The van der Waals surface area contributed by atoms with Gasteiger partial charge in [-0.1, -0.05) is 6.07 Å². The Labute approximate surface area is 161 Å². The summed E-state index contributed by atoms with van der Waals surface area (Å²) in [5.41, 5.74) is 0.372. The number of benzene rings is 1. The second-order valence-corrected chi connectivity index (χ2v) is 7.59. The Kier molecular flexibility index (Phi) is 4.49. The average molecular weight is 390 g/mol. The lowest BCUT2D eigenvalue weighted by molar-refractivity contribution is -0.122. The molecule has 3 N–H and O–H groups in total. The summed E-state index contributed by atoms with van der Waals surface area (Å²) in [5, 5.41) is 8.51. The lowest BCUT2D eigenvalue weighted by Gasteiger charge is -2.19. The third-order valence-electron chi connectivity index (χ3n) is 6.04. The molecule has 3 aliphatic rings. The van der Waals surface area contributed by atoms with Crippen molar-refractivity contribution in [2.45, 2.75) is 18.4 Å². The third-order valence-corrected chi connectivity index (χ3v) is 6.04. The number of cyclic esters (lactones) is 1. The highest BCUT2D eigenvalue weighted by atomic mass is 19.1. The summed E-state index contributed by atoms with van der Waals surface area (Å²) < 4.78 is 20.3. The summed E-state index contributed by atoms with van der Waals surface area (Å²) in [7, 11) is 1.59. The van der Waals surface area contributed by atoms with Gasteiger partial charge in [-0.3, -0.25) is 14.5 Å². The van der Waals surface area contributed by atoms with E-state index in [9.17, 15) is 14.4 Å². The molecule has 4 rings (SSSR count). The number of fused-ring (bicyclic) bond motifs is 1. The maximum atomic E-state index is 15.1. The Morgan fingerprint density at radius 2 is 2.21 bits per heavy atom. The number of piperidine rings is 1. The van der Waals surface area contributed by atoms with Gasteiger partial charge in [-0.2, -0.15) is 0 Å². The zero-order valence-corrected chi connectivity index (χ0v) is 15.8. The van der Waals surface area contributed by atoms with Gasteiger partial charge in [0.15, 0.2) is 0 Å². The average Bonchev–Trinajstić information content (AvgIpc) is 2.94. The fraction of sp³-hybridized carbons (Fsp3) is 0.526. The highest BCUT2D eigenvalue weighted by Crippen LogP contribution is 2.62. The first-order valence-electron chi connectivity index (χ1n) is 9.33. The van der Waals surface area contributed by atoms with Gasteiger partial charge in [0.2, 0.25) is 11.8 Å². The van der Waals surface area contributed by atoms with Gasteiger partial charge < -0.3 is 20.7 Å². The molecule has 150 valence electrons. The van der Waals surface area contributed by atoms with E-state index in [0.717, 1.165) is 0 Å². The molecule has 0 bridgehead atoms. The summed E-state index contributed by atoms with van der Waals surface area (Å²) in [6.07, 6.45) is -1.06. The van der Waals surface area contributed by atoms with Crippen molar-refractivity contribution in [3.8, 4) is 0 Å². The predicted octanol–water partition coefficient (Wildman–Crippen LogP) is 0.120. The Balaban J connectivity index is 1.54. The van der Waals surface area contributed by atoms with Crippen LogP contribution in [0.5, 0.6) is 0 Å². The maximum Gasteiger partial charge on any atom is 0.414 e. The van der Waals surface area contributed by atoms with Gasteiger partial charge in [0.25, 0.3) is 0 Å². The molecule has 9 heteroatoms. The number of hydrogen-bond acceptors (Lipinski definition) is 5. The molecule has 28 heavy (non-hydrogen) atoms. The van der Waals surface area contributed by atoms with Gasteiger partial charge in [0.05, 0.1) is 24.7 Å². The summed E-state index contributed by atoms with van der Waals surface area (Å²) >= 11 is 0. The van der Waals surface area contributed by atoms with E-state index >= 15 is 4.39 Å². The van der Waals surface area contributed by atoms with Crippen molar-refractivity contribution in [1.82, 2.24) is 16.0 Å². The monoisotopic (exact) mass is 390 g/mol. The molecule has 1 aromatic rings. The zero-order chi connectivity index (χ0) is 20.1. The predicted molar refractivity (Wildman–Crippen MR) is 98.3 cm³/mol. The smallest absolute Gasteiger partial charge is 0.414 e. The summed E-state index contributed by atoms with van der Waals surface area (Å²) in [6, 6.07) is 4.67. The number of anilines is 1. The molecule has 4 atom stereocenters. The Morgan fingerprint density at radius 3 is 2.89 bits per heavy atom. The molecule has 1 saturated carbocycles. The van der Waals surface area contributed by atoms with E-state index in [1.54, 1.807) is 19.2 Å². The van der Waals surface area contributed by atoms with Crippen molar-refractivity contribution < 1.29 is 23.5 Å². The molecular weight excluding hydrogens is 367 g/mol. The molecule has 1 aromatic carbocycles. The molecular formula is C19H23FN4O4. The standard InChI is InChI=1S/C19H23FN4O4/c1-10(25)23-6-12-8-24(18(27)28-12)11-3-4-13(15(20)5-11)19-9-22-7-14(19)16(19)17(26)21-2/h3-5,12,14,16,22H,6-9H2,1-2H3,(H,21,26)(H,23,25)/t12-,14-,16+,19+/m0/s1. The maximum absolute atomic E-state index is 15.1. The molecule has 2 heterocycles. The number of hydrogen-bond donors (Lipinski definition) is 3. The van der Waals surface area contributed by atoms with E-state index in [2.05, 4.69) is 16.0 Å². The topological polar surface area (TPSA) is 99.8 Å². The van der Waals surface area contributed by atoms with Crippen LogP contribution in [0.25, 0.3) is 0 Å². The van der Waals surface area contributed by atoms with Gasteiger partial charge in [0, 0.05) is 25.9 Å². The Morgan fingerprint density at radius 1 is 1.43 bits per heavy atom. The van der Waals surface area contributed by atoms with E-state index in [1.807, 2.05) is 0 Å². The van der Waals surface area contributed by atoms with Crippen LogP contribution in [-0.4, -0.2) is 57.2 Å². The molecule has 2 saturated heterocycles. The first kappa shape index (κ1) is 18.7. The van der Waals surface area contributed by atoms with E-state index in [-0.39, 0.29) is 36.7 Å². The fourth-order valence-corrected chi connectivity index (χ4v) is 4.67. The first-order valence-corrected chi connectivity index (χ1v) is 9.33. The summed E-state index contributed by atoms with van der Waals surface area (Å²) in [5.74, 6) is -0.877. The summed E-state index contributed by atoms with van der Waals surface area (Å²) in [4.78, 5) is 36.7. The number of rotatable bonds is 5. The van der Waals surface area contributed by atoms with E-state index in [0.29, 0.717) is 24.3 Å². The van der Waals surface area contributed by atoms with Crippen molar-refractivity contribution in [3.63, 3.8) is 0 Å². The van der Waals surface area contributed by atoms with E-state index in [4.69, 9.17) is 4.74 Å². The third kappa shape index (κ3) is 2.81. The number of halogens is 1. The molecule has 1 aliphatic carbocycles. The number of amides is 3. The first-order chi connectivity index (χ1) is 13.4. The van der Waals surface area contributed by atoms with Crippen molar-refractivity contribution in [1.29, 1.82) is 0 Å². The number of ether oxygens (including phenoxy) is 1. The van der Waals surface area contributed by atoms with Crippen LogP contribution in [0.1, 0.15) is 12.5 Å². The minimum atomic E-state index is -0.573. The minimum Gasteiger partial charge on any atom is -0.442 e. The zero-order valence-electron chi connectivity index (χ0n) is 15.8. The van der Waals surface area contributed by atoms with Crippen LogP contribution in [0.4, 0.5) is 14.9 Å². The van der Waals surface area contributed by atoms with Gasteiger partial charge in [-0.25, -0.2) is 9.18 Å². The molecule has 2 aliphatic heterocycles. The lowest BCUT2D eigenvalue weighted by Crippen LogP contribution is -2.33. The van der Waals surface area contributed by atoms with Crippen molar-refractivity contribution >= 4 is 23.6 Å². The van der Waals surface area contributed by atoms with Gasteiger partial charge >= 0.3 is 6.09 Å². The SMILES string of the molecule is CNC(=O)[C@H]1[C@@H]2CNC[C@@]21c1ccc(N2C[C@H](CNC(C)=O)OC2=O)cc1F. The van der Waals surface area contributed by atoms with Crippen LogP contribution in [0.2, 0.25) is 0 Å². The van der Waals surface area contributed by atoms with Crippen LogP contribution in [0, 0.1) is 17.7 Å². The quantitative estimate of drug-likeness (QED) is 0.663. The highest BCUT2D eigenvalue weighted by Gasteiger charge is 2.71. The highest BCUT2D eigenvalue weighted by molar-refractivity contribution is 5.90. The van der Waals surface area contributed by atoms with Gasteiger partial charge in [-0.05, 0) is 30.2 Å². The molecule has 0 spiro atoms. The van der Waals surface area contributed by atoms with E-state index < -0.39 is 23.4 Å². The van der Waals surface area contributed by atoms with Crippen LogP contribution in [0.3, 0.4) is 0 Å². The number of carbonyl (C=O) groups is 3. The van der Waals surface area contributed by atoms with E-state index in [1.165, 1.54) is 17.9 Å². The Bertz CT molecular complexity index is 847. The van der Waals surface area contributed by atoms with Crippen molar-refractivity contribution in [2.24, 2.45) is 11.8 Å². The van der Waals surface area contributed by atoms with Crippen LogP contribution < -0.4 is 20.9 Å². The van der Waals surface area contributed by atoms with Gasteiger partial charge in [-0.15, -0.1) is 0 Å². The van der Waals surface area contributed by atoms with Crippen molar-refractivity contribution in [2.75, 3.05) is 38.1 Å². The van der Waals surface area contributed by atoms with Crippen LogP contribution >= 0.6 is 0 Å². The molecule has 3 fully saturated rings.